The van der Waals surface area contributed by atoms with Crippen LogP contribution in [0.15, 0.2) is 60.8 Å². The van der Waals surface area contributed by atoms with Crippen LogP contribution in [0.4, 0.5) is 5.82 Å². The number of H-pyrrole nitrogens is 1. The molecule has 144 valence electrons. The Labute approximate surface area is 169 Å². The minimum atomic E-state index is 0.446. The predicted molar refractivity (Wildman–Crippen MR) is 116 cm³/mol. The van der Waals surface area contributed by atoms with E-state index < -0.39 is 0 Å². The van der Waals surface area contributed by atoms with Crippen LogP contribution in [0.25, 0.3) is 33.3 Å². The first-order valence-electron chi connectivity index (χ1n) is 9.35. The molecule has 2 heterocycles. The number of anilines is 1. The molecule has 0 atom stereocenters. The second-order valence-corrected chi connectivity index (χ2v) is 6.58. The maximum atomic E-state index is 9.86. The molecule has 0 fully saturated rings. The Kier molecular flexibility index (Phi) is 5.14. The number of pyridine rings is 1. The van der Waals surface area contributed by atoms with E-state index in [1.807, 2.05) is 54.7 Å². The molecule has 0 aliphatic heterocycles. The first-order valence-corrected chi connectivity index (χ1v) is 9.35. The van der Waals surface area contributed by atoms with Gasteiger partial charge in [0.2, 0.25) is 0 Å². The van der Waals surface area contributed by atoms with Gasteiger partial charge in [-0.3, -0.25) is 0 Å². The van der Waals surface area contributed by atoms with E-state index >= 15 is 0 Å². The summed E-state index contributed by atoms with van der Waals surface area (Å²) in [5, 5.41) is 14.1. The highest BCUT2D eigenvalue weighted by Crippen LogP contribution is 2.35. The molecule has 4 rings (SSSR count). The summed E-state index contributed by atoms with van der Waals surface area (Å²) in [6.45, 7) is 0.975. The van der Waals surface area contributed by atoms with Crippen LogP contribution >= 0.6 is 0 Å². The van der Waals surface area contributed by atoms with Crippen molar-refractivity contribution >= 4 is 16.7 Å². The summed E-state index contributed by atoms with van der Waals surface area (Å²) in [6.07, 6.45) is 1.95. The highest BCUT2D eigenvalue weighted by molar-refractivity contribution is 5.96. The number of fused-ring (bicyclic) bond motifs is 1. The fourth-order valence-corrected chi connectivity index (χ4v) is 3.40. The molecule has 0 aliphatic carbocycles. The Bertz CT molecular complexity index is 1190. The third-order valence-electron chi connectivity index (χ3n) is 4.83. The van der Waals surface area contributed by atoms with Gasteiger partial charge in [-0.1, -0.05) is 30.3 Å². The lowest BCUT2D eigenvalue weighted by atomic mass is 9.98. The number of nitrogens with zero attached hydrogens (tertiary/aromatic N) is 2. The number of nitrogens with one attached hydrogen (secondary N) is 2. The van der Waals surface area contributed by atoms with E-state index in [1.165, 1.54) is 0 Å². The summed E-state index contributed by atoms with van der Waals surface area (Å²) in [5.41, 5.74) is 10.7. The van der Waals surface area contributed by atoms with Crippen molar-refractivity contribution in [2.45, 2.75) is 0 Å². The summed E-state index contributed by atoms with van der Waals surface area (Å²) < 4.78 is 5.26. The molecule has 4 N–H and O–H groups in total. The van der Waals surface area contributed by atoms with E-state index in [9.17, 15) is 5.26 Å². The molecule has 2 aromatic heterocycles. The summed E-state index contributed by atoms with van der Waals surface area (Å²) in [5.74, 6) is 1.30. The molecule has 4 aromatic rings. The molecule has 0 saturated heterocycles. The van der Waals surface area contributed by atoms with Gasteiger partial charge in [0.25, 0.3) is 0 Å². The van der Waals surface area contributed by atoms with Gasteiger partial charge in [-0.15, -0.1) is 0 Å². The molecule has 0 unspecified atom stereocenters. The lowest BCUT2D eigenvalue weighted by Gasteiger charge is -2.14. The molecule has 0 spiro atoms. The van der Waals surface area contributed by atoms with Crippen LogP contribution in [0, 0.1) is 11.3 Å². The number of benzene rings is 2. The van der Waals surface area contributed by atoms with Gasteiger partial charge in [-0.25, -0.2) is 4.98 Å². The number of hydrogen-bond donors (Lipinski definition) is 3. The molecule has 6 heteroatoms. The highest BCUT2D eigenvalue weighted by Gasteiger charge is 2.17. The van der Waals surface area contributed by atoms with Gasteiger partial charge in [-0.05, 0) is 29.8 Å². The predicted octanol–water partition coefficient (Wildman–Crippen LogP) is 4.15. The Morgan fingerprint density at radius 1 is 1.14 bits per heavy atom. The number of nitrogens with two attached hydrogens (primary N) is 1. The first-order chi connectivity index (χ1) is 14.2. The van der Waals surface area contributed by atoms with Crippen molar-refractivity contribution in [3.8, 4) is 34.2 Å². The average molecular weight is 383 g/mol. The molecule has 2 aromatic carbocycles. The minimum absolute atomic E-state index is 0.446. The zero-order chi connectivity index (χ0) is 20.2. The molecule has 0 aliphatic rings. The second kappa shape index (κ2) is 8.05. The molecular weight excluding hydrogens is 362 g/mol. The molecular formula is C23H21N5O. The number of aromatic amines is 1. The number of aromatic nitrogens is 2. The van der Waals surface area contributed by atoms with Crippen LogP contribution in [-0.4, -0.2) is 30.2 Å². The van der Waals surface area contributed by atoms with Crippen molar-refractivity contribution in [3.63, 3.8) is 0 Å². The van der Waals surface area contributed by atoms with Crippen molar-refractivity contribution in [1.82, 2.24) is 9.97 Å². The third-order valence-corrected chi connectivity index (χ3v) is 4.83. The number of methoxy groups -OCH3 is 1. The van der Waals surface area contributed by atoms with Crippen molar-refractivity contribution in [2.75, 3.05) is 25.5 Å². The van der Waals surface area contributed by atoms with Crippen LogP contribution < -0.4 is 15.8 Å². The molecule has 0 amide bonds. The lowest BCUT2D eigenvalue weighted by Crippen LogP contribution is -2.15. The minimum Gasteiger partial charge on any atom is -0.497 e. The van der Waals surface area contributed by atoms with Crippen LogP contribution in [0.5, 0.6) is 5.75 Å². The third kappa shape index (κ3) is 3.51. The van der Waals surface area contributed by atoms with Crippen LogP contribution in [-0.2, 0) is 0 Å². The Hall–Kier alpha value is -3.82. The SMILES string of the molecule is COc1ccc(-c2cc(-c3c[nH]c4ccccc34)nc(NCCN)c2C#N)cc1. The van der Waals surface area contributed by atoms with Crippen molar-refractivity contribution in [1.29, 1.82) is 5.26 Å². The van der Waals surface area contributed by atoms with Gasteiger partial charge in [0, 0.05) is 41.3 Å². The quantitative estimate of drug-likeness (QED) is 0.464. The zero-order valence-electron chi connectivity index (χ0n) is 16.1. The topological polar surface area (TPSA) is 99.8 Å². The van der Waals surface area contributed by atoms with E-state index in [-0.39, 0.29) is 0 Å². The number of nitriles is 1. The smallest absolute Gasteiger partial charge is 0.145 e. The standard InChI is InChI=1S/C23H21N5O/c1-29-16-8-6-15(7-9-16)18-12-22(28-23(19(18)13-25)26-11-10-24)20-14-27-21-5-3-2-4-17(20)21/h2-9,12,14,27H,10-11,24H2,1H3,(H,26,28). The van der Waals surface area contributed by atoms with Crippen LogP contribution in [0.3, 0.4) is 0 Å². The van der Waals surface area contributed by atoms with Crippen molar-refractivity contribution < 1.29 is 4.74 Å². The summed E-state index contributed by atoms with van der Waals surface area (Å²) in [7, 11) is 1.63. The van der Waals surface area contributed by atoms with E-state index in [4.69, 9.17) is 15.5 Å². The monoisotopic (exact) mass is 383 g/mol. The Morgan fingerprint density at radius 3 is 2.66 bits per heavy atom. The summed E-state index contributed by atoms with van der Waals surface area (Å²) >= 11 is 0. The second-order valence-electron chi connectivity index (χ2n) is 6.58. The van der Waals surface area contributed by atoms with Crippen LogP contribution in [0.2, 0.25) is 0 Å². The normalized spacial score (nSPS) is 10.7. The van der Waals surface area contributed by atoms with Gasteiger partial charge >= 0.3 is 0 Å². The van der Waals surface area contributed by atoms with Gasteiger partial charge in [-0.2, -0.15) is 5.26 Å². The van der Waals surface area contributed by atoms with Crippen molar-refractivity contribution in [2.24, 2.45) is 5.73 Å². The van der Waals surface area contributed by atoms with E-state index in [2.05, 4.69) is 22.4 Å². The van der Waals surface area contributed by atoms with Gasteiger partial charge in [0.15, 0.2) is 0 Å². The number of hydrogen-bond acceptors (Lipinski definition) is 5. The van der Waals surface area contributed by atoms with Crippen molar-refractivity contribution in [3.05, 3.63) is 66.4 Å². The van der Waals surface area contributed by atoms with Crippen LogP contribution in [0.1, 0.15) is 5.56 Å². The Morgan fingerprint density at radius 2 is 1.93 bits per heavy atom. The largest absolute Gasteiger partial charge is 0.497 e. The number of para-hydroxylation sites is 1. The highest BCUT2D eigenvalue weighted by atomic mass is 16.5. The van der Waals surface area contributed by atoms with E-state index in [0.717, 1.165) is 39.0 Å². The fraction of sp³-hybridized carbons (Fsp3) is 0.130. The maximum absolute atomic E-state index is 9.86. The van der Waals surface area contributed by atoms with Gasteiger partial charge in [0.05, 0.1) is 12.8 Å². The van der Waals surface area contributed by atoms with Gasteiger partial charge < -0.3 is 20.8 Å². The Balaban J connectivity index is 1.93. The maximum Gasteiger partial charge on any atom is 0.145 e. The lowest BCUT2D eigenvalue weighted by molar-refractivity contribution is 0.415. The van der Waals surface area contributed by atoms with Gasteiger partial charge in [0.1, 0.15) is 23.2 Å². The molecule has 0 bridgehead atoms. The molecule has 29 heavy (non-hydrogen) atoms. The number of ether oxygens (including phenoxy) is 1. The average Bonchev–Trinajstić information content (AvgIpc) is 3.21. The molecule has 0 saturated carbocycles. The summed E-state index contributed by atoms with van der Waals surface area (Å²) in [4.78, 5) is 8.05. The van der Waals surface area contributed by atoms with E-state index in [1.54, 1.807) is 7.11 Å². The molecule has 6 nitrogen and oxygen atoms in total. The van der Waals surface area contributed by atoms with E-state index in [0.29, 0.717) is 24.5 Å². The summed E-state index contributed by atoms with van der Waals surface area (Å²) in [6, 6.07) is 20.0. The first kappa shape index (κ1) is 18.5. The molecule has 0 radical (unpaired) electrons. The fourth-order valence-electron chi connectivity index (χ4n) is 3.40. The zero-order valence-corrected chi connectivity index (χ0v) is 16.1. The number of rotatable bonds is 6.